The summed E-state index contributed by atoms with van der Waals surface area (Å²) in [5.41, 5.74) is 5.60. The molecule has 0 aliphatic carbocycles. The number of anilines is 1. The number of hydrogen-bond acceptors (Lipinski definition) is 6. The third kappa shape index (κ3) is 2.27. The van der Waals surface area contributed by atoms with E-state index in [0.29, 0.717) is 6.54 Å². The van der Waals surface area contributed by atoms with Crippen molar-refractivity contribution >= 4 is 27.7 Å². The Kier molecular flexibility index (Phi) is 3.52. The highest BCUT2D eigenvalue weighted by atomic mass is 32.2. The number of nitrogens with two attached hydrogens (primary N) is 1. The third-order valence-corrected chi connectivity index (χ3v) is 4.97. The Morgan fingerprint density at radius 2 is 2.15 bits per heavy atom. The van der Waals surface area contributed by atoms with E-state index < -0.39 is 34.4 Å². The molecule has 10 heteroatoms. The highest BCUT2D eigenvalue weighted by Gasteiger charge is 2.40. The number of sulfonamides is 1. The first-order chi connectivity index (χ1) is 9.27. The number of imide groups is 1. The summed E-state index contributed by atoms with van der Waals surface area (Å²) in [5.74, 6) is -1.48. The molecule has 0 saturated carbocycles. The molecule has 1 aliphatic heterocycles. The number of aryl methyl sites for hydroxylation is 1. The van der Waals surface area contributed by atoms with Crippen molar-refractivity contribution in [1.29, 1.82) is 0 Å². The van der Waals surface area contributed by atoms with Crippen LogP contribution in [0.15, 0.2) is 11.1 Å². The van der Waals surface area contributed by atoms with Gasteiger partial charge in [-0.1, -0.05) is 0 Å². The monoisotopic (exact) mass is 301 g/mol. The number of rotatable bonds is 3. The molecule has 0 radical (unpaired) electrons. The molecule has 2 amide bonds. The van der Waals surface area contributed by atoms with E-state index in [-0.39, 0.29) is 10.7 Å². The molecule has 0 aromatic carbocycles. The van der Waals surface area contributed by atoms with Gasteiger partial charge < -0.3 is 5.73 Å². The minimum Gasteiger partial charge on any atom is -0.381 e. The zero-order chi connectivity index (χ0) is 15.1. The van der Waals surface area contributed by atoms with E-state index >= 15 is 0 Å². The van der Waals surface area contributed by atoms with Crippen LogP contribution in [-0.4, -0.2) is 46.9 Å². The van der Waals surface area contributed by atoms with Gasteiger partial charge in [-0.2, -0.15) is 9.40 Å². The number of aromatic nitrogens is 2. The zero-order valence-electron chi connectivity index (χ0n) is 11.0. The van der Waals surface area contributed by atoms with Crippen molar-refractivity contribution in [2.24, 2.45) is 0 Å². The standard InChI is InChI=1S/C10H15N5O4S/c1-3-14-4-7(9(11)13-14)20(18,19)15-5-8(16)12-10(17)6(15)2/h4,6H,3,5H2,1-2H3,(H2,11,13)(H,12,16,17). The van der Waals surface area contributed by atoms with Gasteiger partial charge in [-0.05, 0) is 13.8 Å². The summed E-state index contributed by atoms with van der Waals surface area (Å²) in [4.78, 5) is 22.7. The number of nitrogens with zero attached hydrogens (tertiary/aromatic N) is 3. The molecular formula is C10H15N5O4S. The molecule has 3 N–H and O–H groups in total. The van der Waals surface area contributed by atoms with E-state index in [2.05, 4.69) is 10.4 Å². The molecule has 20 heavy (non-hydrogen) atoms. The fraction of sp³-hybridized carbons (Fsp3) is 0.500. The molecule has 9 nitrogen and oxygen atoms in total. The van der Waals surface area contributed by atoms with Gasteiger partial charge in [0.1, 0.15) is 10.9 Å². The lowest BCUT2D eigenvalue weighted by Gasteiger charge is -2.30. The van der Waals surface area contributed by atoms with E-state index in [1.807, 2.05) is 0 Å². The number of carbonyl (C=O) groups excluding carboxylic acids is 2. The van der Waals surface area contributed by atoms with Gasteiger partial charge in [0, 0.05) is 12.7 Å². The van der Waals surface area contributed by atoms with Crippen molar-refractivity contribution in [3.8, 4) is 0 Å². The fourth-order valence-electron chi connectivity index (χ4n) is 1.89. The number of nitrogens with one attached hydrogen (secondary N) is 1. The van der Waals surface area contributed by atoms with Crippen LogP contribution in [0.3, 0.4) is 0 Å². The maximum Gasteiger partial charge on any atom is 0.249 e. The van der Waals surface area contributed by atoms with Crippen molar-refractivity contribution in [2.75, 3.05) is 12.3 Å². The van der Waals surface area contributed by atoms with Gasteiger partial charge in [0.2, 0.25) is 21.8 Å². The van der Waals surface area contributed by atoms with Gasteiger partial charge in [-0.25, -0.2) is 8.42 Å². The van der Waals surface area contributed by atoms with Crippen molar-refractivity contribution in [3.63, 3.8) is 0 Å². The average molecular weight is 301 g/mol. The number of nitrogen functional groups attached to an aromatic ring is 1. The maximum absolute atomic E-state index is 12.5. The number of carbonyl (C=O) groups is 2. The largest absolute Gasteiger partial charge is 0.381 e. The van der Waals surface area contributed by atoms with E-state index in [1.165, 1.54) is 17.8 Å². The quantitative estimate of drug-likeness (QED) is 0.655. The minimum absolute atomic E-state index is 0.155. The summed E-state index contributed by atoms with van der Waals surface area (Å²) in [6, 6.07) is -0.984. The van der Waals surface area contributed by atoms with E-state index in [0.717, 1.165) is 4.31 Å². The highest BCUT2D eigenvalue weighted by Crippen LogP contribution is 2.24. The van der Waals surface area contributed by atoms with E-state index in [1.54, 1.807) is 6.92 Å². The molecule has 1 aliphatic rings. The van der Waals surface area contributed by atoms with Crippen molar-refractivity contribution in [3.05, 3.63) is 6.20 Å². The number of hydrogen-bond donors (Lipinski definition) is 2. The molecule has 1 saturated heterocycles. The Morgan fingerprint density at radius 3 is 2.70 bits per heavy atom. The van der Waals surface area contributed by atoms with Crippen LogP contribution < -0.4 is 11.1 Å². The van der Waals surface area contributed by atoms with Gasteiger partial charge in [0.15, 0.2) is 5.82 Å². The van der Waals surface area contributed by atoms with Crippen molar-refractivity contribution in [2.45, 2.75) is 31.3 Å². The van der Waals surface area contributed by atoms with Gasteiger partial charge in [-0.15, -0.1) is 0 Å². The zero-order valence-corrected chi connectivity index (χ0v) is 11.8. The molecule has 2 rings (SSSR count). The molecule has 1 atom stereocenters. The summed E-state index contributed by atoms with van der Waals surface area (Å²) < 4.78 is 27.2. The SMILES string of the molecule is CCn1cc(S(=O)(=O)N2CC(=O)NC(=O)C2C)c(N)n1. The van der Waals surface area contributed by atoms with Gasteiger partial charge in [0.25, 0.3) is 0 Å². The second kappa shape index (κ2) is 4.87. The summed E-state index contributed by atoms with van der Waals surface area (Å²) >= 11 is 0. The number of piperazine rings is 1. The average Bonchev–Trinajstić information content (AvgIpc) is 2.75. The maximum atomic E-state index is 12.5. The van der Waals surface area contributed by atoms with Crippen LogP contribution in [0.5, 0.6) is 0 Å². The summed E-state index contributed by atoms with van der Waals surface area (Å²) in [7, 11) is -4.05. The molecule has 2 heterocycles. The molecule has 1 aromatic heterocycles. The number of amides is 2. The lowest BCUT2D eigenvalue weighted by Crippen LogP contribution is -2.58. The topological polar surface area (TPSA) is 127 Å². The van der Waals surface area contributed by atoms with E-state index in [4.69, 9.17) is 5.73 Å². The van der Waals surface area contributed by atoms with Gasteiger partial charge >= 0.3 is 0 Å². The molecule has 0 bridgehead atoms. The first kappa shape index (κ1) is 14.5. The predicted molar refractivity (Wildman–Crippen MR) is 68.8 cm³/mol. The lowest BCUT2D eigenvalue weighted by molar-refractivity contribution is -0.136. The Bertz CT molecular complexity index is 665. The molecule has 1 aromatic rings. The van der Waals surface area contributed by atoms with Crippen LogP contribution in [-0.2, 0) is 26.2 Å². The summed E-state index contributed by atoms with van der Waals surface area (Å²) in [5, 5.41) is 5.93. The third-order valence-electron chi connectivity index (χ3n) is 3.04. The predicted octanol–water partition coefficient (Wildman–Crippen LogP) is -1.48. The first-order valence-electron chi connectivity index (χ1n) is 5.95. The summed E-state index contributed by atoms with van der Waals surface area (Å²) in [6.45, 7) is 3.21. The molecule has 0 spiro atoms. The second-order valence-corrected chi connectivity index (χ2v) is 6.23. The first-order valence-corrected chi connectivity index (χ1v) is 7.39. The molecule has 1 fully saturated rings. The summed E-state index contributed by atoms with van der Waals surface area (Å²) in [6.07, 6.45) is 1.29. The molecular weight excluding hydrogens is 286 g/mol. The minimum atomic E-state index is -4.05. The van der Waals surface area contributed by atoms with Crippen molar-refractivity contribution in [1.82, 2.24) is 19.4 Å². The lowest BCUT2D eigenvalue weighted by atomic mass is 10.2. The Morgan fingerprint density at radius 1 is 1.50 bits per heavy atom. The van der Waals surface area contributed by atoms with Crippen LogP contribution in [0.1, 0.15) is 13.8 Å². The Balaban J connectivity index is 2.45. The van der Waals surface area contributed by atoms with Crippen LogP contribution in [0.2, 0.25) is 0 Å². The van der Waals surface area contributed by atoms with Gasteiger partial charge in [-0.3, -0.25) is 19.6 Å². The smallest absolute Gasteiger partial charge is 0.249 e. The van der Waals surface area contributed by atoms with Crippen LogP contribution >= 0.6 is 0 Å². The van der Waals surface area contributed by atoms with Crippen molar-refractivity contribution < 1.29 is 18.0 Å². The Labute approximate surface area is 115 Å². The van der Waals surface area contributed by atoms with Crippen LogP contribution in [0.25, 0.3) is 0 Å². The highest BCUT2D eigenvalue weighted by molar-refractivity contribution is 7.89. The van der Waals surface area contributed by atoms with Crippen LogP contribution in [0, 0.1) is 0 Å². The van der Waals surface area contributed by atoms with Crippen LogP contribution in [0.4, 0.5) is 5.82 Å². The van der Waals surface area contributed by atoms with E-state index in [9.17, 15) is 18.0 Å². The van der Waals surface area contributed by atoms with Gasteiger partial charge in [0.05, 0.1) is 6.54 Å². The fourth-order valence-corrected chi connectivity index (χ4v) is 3.50. The second-order valence-electron chi connectivity index (χ2n) is 4.37. The normalized spacial score (nSPS) is 21.0. The Hall–Kier alpha value is -1.94. The molecule has 110 valence electrons. The molecule has 1 unspecified atom stereocenters.